The number of aryl methyl sites for hydroxylation is 1. The van der Waals surface area contributed by atoms with Gasteiger partial charge in [0.25, 0.3) is 11.6 Å². The number of non-ortho nitro benzene ring substituents is 1. The van der Waals surface area contributed by atoms with Gasteiger partial charge >= 0.3 is 0 Å². The fourth-order valence-corrected chi connectivity index (χ4v) is 2.70. The van der Waals surface area contributed by atoms with Crippen LogP contribution in [-0.2, 0) is 10.0 Å². The SMILES string of the molecule is Cc1cc(S(N)(=O)=O)cc(NC(=O)c2cccc([N+](=O)[O-])c2)c1C. The zero-order valence-corrected chi connectivity index (χ0v) is 13.8. The Morgan fingerprint density at radius 3 is 2.46 bits per heavy atom. The molecule has 0 saturated carbocycles. The summed E-state index contributed by atoms with van der Waals surface area (Å²) in [5.41, 5.74) is 1.45. The van der Waals surface area contributed by atoms with E-state index in [2.05, 4.69) is 5.32 Å². The van der Waals surface area contributed by atoms with Crippen LogP contribution in [0.15, 0.2) is 41.3 Å². The van der Waals surface area contributed by atoms with Crippen LogP contribution in [0.4, 0.5) is 11.4 Å². The van der Waals surface area contributed by atoms with Crippen molar-refractivity contribution in [2.75, 3.05) is 5.32 Å². The number of hydrogen-bond acceptors (Lipinski definition) is 5. The zero-order chi connectivity index (χ0) is 18.1. The highest BCUT2D eigenvalue weighted by Gasteiger charge is 2.16. The molecule has 0 aliphatic rings. The van der Waals surface area contributed by atoms with Gasteiger partial charge in [-0.15, -0.1) is 0 Å². The molecule has 0 atom stereocenters. The fraction of sp³-hybridized carbons (Fsp3) is 0.133. The molecule has 0 spiro atoms. The van der Waals surface area contributed by atoms with Gasteiger partial charge in [-0.25, -0.2) is 13.6 Å². The van der Waals surface area contributed by atoms with Crippen LogP contribution in [0.3, 0.4) is 0 Å². The van der Waals surface area contributed by atoms with E-state index in [1.54, 1.807) is 13.8 Å². The molecule has 3 N–H and O–H groups in total. The molecule has 1 amide bonds. The lowest BCUT2D eigenvalue weighted by Gasteiger charge is -2.12. The van der Waals surface area contributed by atoms with E-state index in [0.29, 0.717) is 11.1 Å². The first-order valence-electron chi connectivity index (χ1n) is 6.79. The standard InChI is InChI=1S/C15H15N3O5S/c1-9-6-13(24(16,22)23)8-14(10(9)2)17-15(19)11-4-3-5-12(7-11)18(20)21/h3-8H,1-2H3,(H,17,19)(H2,16,22,23). The number of primary sulfonamides is 1. The van der Waals surface area contributed by atoms with Gasteiger partial charge in [0.05, 0.1) is 9.82 Å². The van der Waals surface area contributed by atoms with E-state index in [-0.39, 0.29) is 21.8 Å². The van der Waals surface area contributed by atoms with E-state index in [4.69, 9.17) is 5.14 Å². The summed E-state index contributed by atoms with van der Waals surface area (Å²) < 4.78 is 23.0. The second-order valence-corrected chi connectivity index (χ2v) is 6.78. The molecule has 2 aromatic carbocycles. The van der Waals surface area contributed by atoms with E-state index in [1.807, 2.05) is 0 Å². The third-order valence-corrected chi connectivity index (χ3v) is 4.43. The lowest BCUT2D eigenvalue weighted by Crippen LogP contribution is -2.16. The Hall–Kier alpha value is -2.78. The summed E-state index contributed by atoms with van der Waals surface area (Å²) in [5, 5.41) is 18.5. The summed E-state index contributed by atoms with van der Waals surface area (Å²) >= 11 is 0. The van der Waals surface area contributed by atoms with Crippen LogP contribution in [-0.4, -0.2) is 19.2 Å². The zero-order valence-electron chi connectivity index (χ0n) is 12.9. The van der Waals surface area contributed by atoms with Crippen molar-refractivity contribution in [3.8, 4) is 0 Å². The molecule has 0 aliphatic carbocycles. The third kappa shape index (κ3) is 3.76. The maximum absolute atomic E-state index is 12.3. The number of amides is 1. The second-order valence-electron chi connectivity index (χ2n) is 5.22. The topological polar surface area (TPSA) is 132 Å². The summed E-state index contributed by atoms with van der Waals surface area (Å²) in [6.07, 6.45) is 0. The minimum absolute atomic E-state index is 0.0854. The van der Waals surface area contributed by atoms with Crippen molar-refractivity contribution >= 4 is 27.3 Å². The second kappa shape index (κ2) is 6.38. The van der Waals surface area contributed by atoms with Crippen molar-refractivity contribution in [2.45, 2.75) is 18.7 Å². The van der Waals surface area contributed by atoms with Crippen LogP contribution in [0.5, 0.6) is 0 Å². The molecule has 8 nitrogen and oxygen atoms in total. The molecule has 0 heterocycles. The molecular formula is C15H15N3O5S. The van der Waals surface area contributed by atoms with Crippen LogP contribution >= 0.6 is 0 Å². The Morgan fingerprint density at radius 1 is 1.21 bits per heavy atom. The molecule has 0 radical (unpaired) electrons. The highest BCUT2D eigenvalue weighted by atomic mass is 32.2. The Labute approximate surface area is 138 Å². The van der Waals surface area contributed by atoms with Gasteiger partial charge in [0.1, 0.15) is 0 Å². The third-order valence-electron chi connectivity index (χ3n) is 3.54. The van der Waals surface area contributed by atoms with Gasteiger partial charge in [-0.2, -0.15) is 0 Å². The number of hydrogen-bond donors (Lipinski definition) is 2. The molecule has 0 bridgehead atoms. The first kappa shape index (κ1) is 17.6. The van der Waals surface area contributed by atoms with Gasteiger partial charge in [0.15, 0.2) is 0 Å². The molecule has 0 fully saturated rings. The van der Waals surface area contributed by atoms with Gasteiger partial charge < -0.3 is 5.32 Å². The number of sulfonamides is 1. The summed E-state index contributed by atoms with van der Waals surface area (Å²) in [6, 6.07) is 7.90. The number of carbonyl (C=O) groups excluding carboxylic acids is 1. The maximum Gasteiger partial charge on any atom is 0.270 e. The summed E-state index contributed by atoms with van der Waals surface area (Å²) in [5.74, 6) is -0.590. The number of nitro benzene ring substituents is 1. The van der Waals surface area contributed by atoms with E-state index in [0.717, 1.165) is 6.07 Å². The smallest absolute Gasteiger partial charge is 0.270 e. The van der Waals surface area contributed by atoms with Gasteiger partial charge in [0.2, 0.25) is 10.0 Å². The normalized spacial score (nSPS) is 11.1. The number of nitro groups is 1. The fourth-order valence-electron chi connectivity index (χ4n) is 2.08. The number of nitrogens with two attached hydrogens (primary N) is 1. The van der Waals surface area contributed by atoms with Crippen LogP contribution < -0.4 is 10.5 Å². The molecule has 0 aromatic heterocycles. The van der Waals surface area contributed by atoms with E-state index in [1.165, 1.54) is 30.3 Å². The number of rotatable bonds is 4. The highest BCUT2D eigenvalue weighted by molar-refractivity contribution is 7.89. The van der Waals surface area contributed by atoms with Gasteiger partial charge in [-0.3, -0.25) is 14.9 Å². The number of carbonyl (C=O) groups is 1. The molecule has 24 heavy (non-hydrogen) atoms. The average Bonchev–Trinajstić information content (AvgIpc) is 2.50. The molecule has 0 aliphatic heterocycles. The van der Waals surface area contributed by atoms with Crippen molar-refractivity contribution in [1.29, 1.82) is 0 Å². The molecular weight excluding hydrogens is 334 g/mol. The Bertz CT molecular complexity index is 938. The van der Waals surface area contributed by atoms with Crippen LogP contribution in [0, 0.1) is 24.0 Å². The van der Waals surface area contributed by atoms with Gasteiger partial charge in [0, 0.05) is 23.4 Å². The Morgan fingerprint density at radius 2 is 1.88 bits per heavy atom. The molecule has 9 heteroatoms. The number of benzene rings is 2. The summed E-state index contributed by atoms with van der Waals surface area (Å²) in [6.45, 7) is 3.40. The van der Waals surface area contributed by atoms with Crippen LogP contribution in [0.2, 0.25) is 0 Å². The van der Waals surface area contributed by atoms with Crippen molar-refractivity contribution in [3.63, 3.8) is 0 Å². The molecule has 126 valence electrons. The van der Waals surface area contributed by atoms with Crippen molar-refractivity contribution in [2.24, 2.45) is 5.14 Å². The van der Waals surface area contributed by atoms with E-state index in [9.17, 15) is 23.3 Å². The quantitative estimate of drug-likeness (QED) is 0.644. The predicted molar refractivity (Wildman–Crippen MR) is 88.3 cm³/mol. The van der Waals surface area contributed by atoms with Crippen molar-refractivity contribution in [1.82, 2.24) is 0 Å². The van der Waals surface area contributed by atoms with Crippen molar-refractivity contribution < 1.29 is 18.1 Å². The Balaban J connectivity index is 2.41. The number of nitrogens with one attached hydrogen (secondary N) is 1. The number of nitrogens with zero attached hydrogens (tertiary/aromatic N) is 1. The van der Waals surface area contributed by atoms with E-state index < -0.39 is 20.9 Å². The molecule has 2 rings (SSSR count). The molecule has 0 unspecified atom stereocenters. The minimum Gasteiger partial charge on any atom is -0.322 e. The van der Waals surface area contributed by atoms with Crippen LogP contribution in [0.25, 0.3) is 0 Å². The lowest BCUT2D eigenvalue weighted by molar-refractivity contribution is -0.384. The monoisotopic (exact) mass is 349 g/mol. The number of anilines is 1. The van der Waals surface area contributed by atoms with Crippen molar-refractivity contribution in [3.05, 3.63) is 63.2 Å². The largest absolute Gasteiger partial charge is 0.322 e. The van der Waals surface area contributed by atoms with Gasteiger partial charge in [-0.1, -0.05) is 6.07 Å². The lowest BCUT2D eigenvalue weighted by atomic mass is 10.1. The van der Waals surface area contributed by atoms with Crippen LogP contribution in [0.1, 0.15) is 21.5 Å². The maximum atomic E-state index is 12.3. The molecule has 2 aromatic rings. The molecule has 0 saturated heterocycles. The summed E-state index contributed by atoms with van der Waals surface area (Å²) in [4.78, 5) is 22.4. The first-order chi connectivity index (χ1) is 11.1. The predicted octanol–water partition coefficient (Wildman–Crippen LogP) is 2.11. The average molecular weight is 349 g/mol. The van der Waals surface area contributed by atoms with E-state index >= 15 is 0 Å². The minimum atomic E-state index is -3.92. The highest BCUT2D eigenvalue weighted by Crippen LogP contribution is 2.24. The summed E-state index contributed by atoms with van der Waals surface area (Å²) in [7, 11) is -3.92. The van der Waals surface area contributed by atoms with Gasteiger partial charge in [-0.05, 0) is 43.2 Å². The first-order valence-corrected chi connectivity index (χ1v) is 8.34. The Kier molecular flexibility index (Phi) is 4.67.